The molecule has 12 heteroatoms. The summed E-state index contributed by atoms with van der Waals surface area (Å²) in [4.78, 5) is 29.4. The van der Waals surface area contributed by atoms with Crippen molar-refractivity contribution in [2.24, 2.45) is 0 Å². The van der Waals surface area contributed by atoms with Crippen molar-refractivity contribution in [2.45, 2.75) is 64.6 Å². The lowest BCUT2D eigenvalue weighted by atomic mass is 10.0. The standard InChI is InChI=1S/C20H25F6NO5/c1-5-6-7-30-11-15(17(29)31-18(2,3)4)32-27-16(28)12-8-13(19(21,22)23)10-14(9-12)20(24,25)26/h8-10,15H,5-7,11H2,1-4H3,(H,27,28)/t15-/m1/s1. The molecule has 6 nitrogen and oxygen atoms in total. The maximum absolute atomic E-state index is 13.0. The van der Waals surface area contributed by atoms with Gasteiger partial charge in [0.2, 0.25) is 6.10 Å². The summed E-state index contributed by atoms with van der Waals surface area (Å²) in [6.07, 6.45) is -10.3. The van der Waals surface area contributed by atoms with Gasteiger partial charge in [0.15, 0.2) is 0 Å². The van der Waals surface area contributed by atoms with Crippen LogP contribution in [0.2, 0.25) is 0 Å². The minimum absolute atomic E-state index is 0.108. The second-order valence-electron chi connectivity index (χ2n) is 7.79. The molecule has 1 N–H and O–H groups in total. The number of esters is 1. The number of benzene rings is 1. The maximum atomic E-state index is 13.0. The van der Waals surface area contributed by atoms with Gasteiger partial charge in [0.25, 0.3) is 5.91 Å². The summed E-state index contributed by atoms with van der Waals surface area (Å²) in [6.45, 7) is 6.51. The molecule has 182 valence electrons. The highest BCUT2D eigenvalue weighted by Crippen LogP contribution is 2.36. The van der Waals surface area contributed by atoms with Crippen LogP contribution in [0, 0.1) is 0 Å². The number of carbonyl (C=O) groups excluding carboxylic acids is 2. The Morgan fingerprint density at radius 2 is 1.50 bits per heavy atom. The van der Waals surface area contributed by atoms with Gasteiger partial charge in [-0.1, -0.05) is 13.3 Å². The molecule has 32 heavy (non-hydrogen) atoms. The average molecular weight is 473 g/mol. The Kier molecular flexibility index (Phi) is 9.51. The van der Waals surface area contributed by atoms with Crippen molar-refractivity contribution >= 4 is 11.9 Å². The molecule has 0 aliphatic rings. The van der Waals surface area contributed by atoms with Gasteiger partial charge in [-0.05, 0) is 45.4 Å². The first-order valence-corrected chi connectivity index (χ1v) is 9.60. The van der Waals surface area contributed by atoms with E-state index in [9.17, 15) is 35.9 Å². The zero-order valence-electron chi connectivity index (χ0n) is 17.9. The quantitative estimate of drug-likeness (QED) is 0.239. The molecule has 1 atom stereocenters. The fraction of sp³-hybridized carbons (Fsp3) is 0.600. The van der Waals surface area contributed by atoms with Gasteiger partial charge in [-0.15, -0.1) is 0 Å². The molecule has 0 aromatic heterocycles. The predicted octanol–water partition coefficient (Wildman–Crippen LogP) is 4.91. The largest absolute Gasteiger partial charge is 0.458 e. The minimum atomic E-state index is -5.12. The Morgan fingerprint density at radius 3 is 1.94 bits per heavy atom. The number of hydrogen-bond donors (Lipinski definition) is 1. The van der Waals surface area contributed by atoms with Gasteiger partial charge in [0.05, 0.1) is 17.7 Å². The smallest absolute Gasteiger partial charge is 0.416 e. The second-order valence-corrected chi connectivity index (χ2v) is 7.79. The second kappa shape index (κ2) is 11.0. The van der Waals surface area contributed by atoms with Crippen LogP contribution in [-0.2, 0) is 31.5 Å². The molecule has 0 saturated carbocycles. The van der Waals surface area contributed by atoms with Crippen molar-refractivity contribution in [3.63, 3.8) is 0 Å². The number of nitrogens with one attached hydrogen (secondary N) is 1. The van der Waals surface area contributed by atoms with Gasteiger partial charge in [-0.25, -0.2) is 10.3 Å². The van der Waals surface area contributed by atoms with Crippen molar-refractivity contribution in [3.05, 3.63) is 34.9 Å². The van der Waals surface area contributed by atoms with E-state index in [2.05, 4.69) is 0 Å². The number of halogens is 6. The molecule has 0 bridgehead atoms. The number of hydroxylamine groups is 1. The zero-order chi connectivity index (χ0) is 24.7. The van der Waals surface area contributed by atoms with Gasteiger partial charge in [-0.3, -0.25) is 9.63 Å². The third kappa shape index (κ3) is 9.43. The van der Waals surface area contributed by atoms with Crippen LogP contribution < -0.4 is 5.48 Å². The molecule has 0 spiro atoms. The van der Waals surface area contributed by atoms with E-state index in [0.29, 0.717) is 6.42 Å². The molecular weight excluding hydrogens is 448 g/mol. The molecule has 1 aromatic carbocycles. The third-order valence-corrected chi connectivity index (χ3v) is 3.72. The molecule has 1 aromatic rings. The first-order valence-electron chi connectivity index (χ1n) is 9.60. The van der Waals surface area contributed by atoms with E-state index in [1.54, 1.807) is 26.3 Å². The number of hydrogen-bond acceptors (Lipinski definition) is 5. The molecule has 1 rings (SSSR count). The normalized spacial score (nSPS) is 13.6. The van der Waals surface area contributed by atoms with Crippen molar-refractivity contribution < 1.29 is 50.2 Å². The lowest BCUT2D eigenvalue weighted by Crippen LogP contribution is -2.41. The van der Waals surface area contributed by atoms with E-state index in [0.717, 1.165) is 6.42 Å². The van der Waals surface area contributed by atoms with Gasteiger partial charge in [-0.2, -0.15) is 26.3 Å². The summed E-state index contributed by atoms with van der Waals surface area (Å²) < 4.78 is 88.2. The first kappa shape index (κ1) is 27.7. The molecule has 0 unspecified atom stereocenters. The van der Waals surface area contributed by atoms with Crippen LogP contribution >= 0.6 is 0 Å². The number of carbonyl (C=O) groups is 2. The molecule has 0 saturated heterocycles. The van der Waals surface area contributed by atoms with E-state index in [-0.39, 0.29) is 31.4 Å². The Bertz CT molecular complexity index is 754. The van der Waals surface area contributed by atoms with Crippen LogP contribution in [0.1, 0.15) is 62.0 Å². The summed E-state index contributed by atoms with van der Waals surface area (Å²) in [5.41, 5.74) is -3.49. The summed E-state index contributed by atoms with van der Waals surface area (Å²) in [6, 6.07) is 0.380. The van der Waals surface area contributed by atoms with E-state index >= 15 is 0 Å². The van der Waals surface area contributed by atoms with Gasteiger partial charge < -0.3 is 9.47 Å². The van der Waals surface area contributed by atoms with Crippen molar-refractivity contribution in [1.29, 1.82) is 0 Å². The lowest BCUT2D eigenvalue weighted by Gasteiger charge is -2.24. The highest BCUT2D eigenvalue weighted by atomic mass is 19.4. The molecule has 0 fully saturated rings. The van der Waals surface area contributed by atoms with Gasteiger partial charge in [0.1, 0.15) is 5.60 Å². The van der Waals surface area contributed by atoms with E-state index in [1.807, 2.05) is 6.92 Å². The van der Waals surface area contributed by atoms with Crippen LogP contribution in [0.4, 0.5) is 26.3 Å². The Hall–Kier alpha value is -2.34. The number of amides is 1. The Morgan fingerprint density at radius 1 is 0.969 bits per heavy atom. The highest BCUT2D eigenvalue weighted by molar-refractivity contribution is 5.94. The highest BCUT2D eigenvalue weighted by Gasteiger charge is 2.37. The zero-order valence-corrected chi connectivity index (χ0v) is 17.9. The van der Waals surface area contributed by atoms with E-state index < -0.39 is 52.6 Å². The fourth-order valence-electron chi connectivity index (χ4n) is 2.22. The van der Waals surface area contributed by atoms with Crippen LogP contribution in [0.3, 0.4) is 0 Å². The summed E-state index contributed by atoms with van der Waals surface area (Å²) in [7, 11) is 0. The van der Waals surface area contributed by atoms with Gasteiger partial charge in [0, 0.05) is 12.2 Å². The van der Waals surface area contributed by atoms with Crippen molar-refractivity contribution in [3.8, 4) is 0 Å². The van der Waals surface area contributed by atoms with Crippen molar-refractivity contribution in [1.82, 2.24) is 5.48 Å². The van der Waals surface area contributed by atoms with Crippen LogP contribution in [0.25, 0.3) is 0 Å². The monoisotopic (exact) mass is 473 g/mol. The molecule has 0 aliphatic heterocycles. The lowest BCUT2D eigenvalue weighted by molar-refractivity contribution is -0.176. The first-order chi connectivity index (χ1) is 14.5. The van der Waals surface area contributed by atoms with E-state index in [1.165, 1.54) is 0 Å². The average Bonchev–Trinajstić information content (AvgIpc) is 2.64. The molecular formula is C20H25F6NO5. The van der Waals surface area contributed by atoms with Crippen LogP contribution in [0.15, 0.2) is 18.2 Å². The number of unbranched alkanes of at least 4 members (excludes halogenated alkanes) is 1. The Labute approximate surface area is 181 Å². The number of alkyl halides is 6. The molecule has 0 radical (unpaired) electrons. The number of ether oxygens (including phenoxy) is 2. The predicted molar refractivity (Wildman–Crippen MR) is 100 cm³/mol. The fourth-order valence-corrected chi connectivity index (χ4v) is 2.22. The number of rotatable bonds is 9. The molecule has 1 amide bonds. The van der Waals surface area contributed by atoms with Crippen molar-refractivity contribution in [2.75, 3.05) is 13.2 Å². The summed E-state index contributed by atoms with van der Waals surface area (Å²) >= 11 is 0. The van der Waals surface area contributed by atoms with E-state index in [4.69, 9.17) is 14.3 Å². The molecule has 0 heterocycles. The van der Waals surface area contributed by atoms with Crippen LogP contribution in [-0.4, -0.2) is 36.8 Å². The Balaban J connectivity index is 3.04. The topological polar surface area (TPSA) is 73.9 Å². The molecule has 0 aliphatic carbocycles. The summed E-state index contributed by atoms with van der Waals surface area (Å²) in [5.74, 6) is -2.35. The summed E-state index contributed by atoms with van der Waals surface area (Å²) in [5, 5.41) is 0. The van der Waals surface area contributed by atoms with Crippen LogP contribution in [0.5, 0.6) is 0 Å². The SMILES string of the molecule is CCCCOC[C@@H](ONC(=O)c1cc(C(F)(F)F)cc(C(F)(F)F)c1)C(=O)OC(C)(C)C. The van der Waals surface area contributed by atoms with Gasteiger partial charge >= 0.3 is 18.3 Å². The third-order valence-electron chi connectivity index (χ3n) is 3.72. The minimum Gasteiger partial charge on any atom is -0.458 e. The maximum Gasteiger partial charge on any atom is 0.416 e.